The number of hydrogen-bond acceptors (Lipinski definition) is 4. The van der Waals surface area contributed by atoms with Gasteiger partial charge < -0.3 is 10.6 Å². The topological polar surface area (TPSA) is 54.0 Å². The number of amides is 1. The Labute approximate surface area is 115 Å². The molecule has 4 nitrogen and oxygen atoms in total. The zero-order valence-corrected chi connectivity index (χ0v) is 11.2. The van der Waals surface area contributed by atoms with E-state index in [4.69, 9.17) is 0 Å². The molecule has 0 saturated heterocycles. The molecule has 3 rings (SSSR count). The monoisotopic (exact) mass is 273 g/mol. The fraction of sp³-hybridized carbons (Fsp3) is 0.286. The average molecular weight is 273 g/mol. The molecule has 1 fully saturated rings. The molecule has 0 spiro atoms. The van der Waals surface area contributed by atoms with Crippen LogP contribution in [0.4, 0.5) is 11.5 Å². The molecule has 1 saturated carbocycles. The molecular formula is C14H15N3OS. The number of pyridine rings is 1. The standard InChI is InChI=1S/C14H15N3OS/c18-14(8-12-2-1-7-19-12)17-11-5-6-13(15-9-11)16-10-3-4-10/h1-2,5-7,9-10H,3-4,8H2,(H,15,16)(H,17,18). The zero-order chi connectivity index (χ0) is 13.1. The highest BCUT2D eigenvalue weighted by Crippen LogP contribution is 2.24. The lowest BCUT2D eigenvalue weighted by Crippen LogP contribution is -2.14. The van der Waals surface area contributed by atoms with Gasteiger partial charge in [-0.15, -0.1) is 11.3 Å². The predicted octanol–water partition coefficient (Wildman–Crippen LogP) is 2.90. The Balaban J connectivity index is 1.55. The van der Waals surface area contributed by atoms with E-state index >= 15 is 0 Å². The van der Waals surface area contributed by atoms with Crippen molar-refractivity contribution in [3.63, 3.8) is 0 Å². The highest BCUT2D eigenvalue weighted by atomic mass is 32.1. The minimum absolute atomic E-state index is 0.00727. The number of nitrogens with zero attached hydrogens (tertiary/aromatic N) is 1. The SMILES string of the molecule is O=C(Cc1cccs1)Nc1ccc(NC2CC2)nc1. The first-order valence-electron chi connectivity index (χ1n) is 6.34. The van der Waals surface area contributed by atoms with Crippen molar-refractivity contribution in [2.75, 3.05) is 10.6 Å². The van der Waals surface area contributed by atoms with Crippen LogP contribution in [-0.2, 0) is 11.2 Å². The number of anilines is 2. The number of carbonyl (C=O) groups is 1. The lowest BCUT2D eigenvalue weighted by Gasteiger charge is -2.06. The van der Waals surface area contributed by atoms with Crippen molar-refractivity contribution in [2.24, 2.45) is 0 Å². The van der Waals surface area contributed by atoms with Crippen molar-refractivity contribution in [2.45, 2.75) is 25.3 Å². The van der Waals surface area contributed by atoms with Crippen LogP contribution in [0.15, 0.2) is 35.8 Å². The highest BCUT2D eigenvalue weighted by molar-refractivity contribution is 7.10. The molecule has 19 heavy (non-hydrogen) atoms. The molecule has 5 heteroatoms. The molecule has 0 atom stereocenters. The van der Waals surface area contributed by atoms with E-state index in [1.54, 1.807) is 17.5 Å². The second-order valence-corrected chi connectivity index (χ2v) is 5.69. The van der Waals surface area contributed by atoms with Gasteiger partial charge in [0.25, 0.3) is 0 Å². The molecule has 0 bridgehead atoms. The summed E-state index contributed by atoms with van der Waals surface area (Å²) in [6.07, 6.45) is 4.55. The normalized spacial score (nSPS) is 14.1. The summed E-state index contributed by atoms with van der Waals surface area (Å²) in [4.78, 5) is 17.2. The number of hydrogen-bond donors (Lipinski definition) is 2. The Morgan fingerprint density at radius 3 is 2.89 bits per heavy atom. The summed E-state index contributed by atoms with van der Waals surface area (Å²) in [6.45, 7) is 0. The van der Waals surface area contributed by atoms with Gasteiger partial charge in [-0.05, 0) is 36.4 Å². The van der Waals surface area contributed by atoms with Crippen molar-refractivity contribution in [3.8, 4) is 0 Å². The maximum Gasteiger partial charge on any atom is 0.229 e. The predicted molar refractivity (Wildman–Crippen MR) is 77.5 cm³/mol. The summed E-state index contributed by atoms with van der Waals surface area (Å²) >= 11 is 1.59. The summed E-state index contributed by atoms with van der Waals surface area (Å²) in [5, 5.41) is 8.14. The van der Waals surface area contributed by atoms with Gasteiger partial charge in [-0.2, -0.15) is 0 Å². The van der Waals surface area contributed by atoms with Crippen LogP contribution in [0.2, 0.25) is 0 Å². The van der Waals surface area contributed by atoms with Gasteiger partial charge in [0.1, 0.15) is 5.82 Å². The molecule has 2 heterocycles. The Morgan fingerprint density at radius 2 is 2.26 bits per heavy atom. The summed E-state index contributed by atoms with van der Waals surface area (Å²) in [5.74, 6) is 0.867. The van der Waals surface area contributed by atoms with E-state index in [-0.39, 0.29) is 5.91 Å². The van der Waals surface area contributed by atoms with E-state index < -0.39 is 0 Å². The quantitative estimate of drug-likeness (QED) is 0.880. The number of thiophene rings is 1. The Kier molecular flexibility index (Phi) is 3.46. The van der Waals surface area contributed by atoms with Gasteiger partial charge in [-0.25, -0.2) is 4.98 Å². The van der Waals surface area contributed by atoms with Crippen molar-refractivity contribution in [1.29, 1.82) is 0 Å². The zero-order valence-electron chi connectivity index (χ0n) is 10.4. The molecule has 1 aliphatic rings. The second kappa shape index (κ2) is 5.40. The summed E-state index contributed by atoms with van der Waals surface area (Å²) < 4.78 is 0. The molecule has 2 aromatic heterocycles. The van der Waals surface area contributed by atoms with Gasteiger partial charge >= 0.3 is 0 Å². The minimum atomic E-state index is -0.00727. The lowest BCUT2D eigenvalue weighted by atomic mass is 10.3. The molecule has 0 unspecified atom stereocenters. The van der Waals surface area contributed by atoms with Crippen LogP contribution < -0.4 is 10.6 Å². The van der Waals surface area contributed by atoms with Crippen molar-refractivity contribution >= 4 is 28.7 Å². The van der Waals surface area contributed by atoms with Gasteiger partial charge in [0.2, 0.25) is 5.91 Å². The van der Waals surface area contributed by atoms with Crippen LogP contribution in [0.1, 0.15) is 17.7 Å². The first-order valence-corrected chi connectivity index (χ1v) is 7.22. The second-order valence-electron chi connectivity index (χ2n) is 4.66. The van der Waals surface area contributed by atoms with Crippen LogP contribution in [0.3, 0.4) is 0 Å². The number of aromatic nitrogens is 1. The lowest BCUT2D eigenvalue weighted by molar-refractivity contribution is -0.115. The largest absolute Gasteiger partial charge is 0.367 e. The maximum absolute atomic E-state index is 11.8. The van der Waals surface area contributed by atoms with E-state index in [0.29, 0.717) is 12.5 Å². The summed E-state index contributed by atoms with van der Waals surface area (Å²) in [6, 6.07) is 8.29. The molecule has 2 aromatic rings. The van der Waals surface area contributed by atoms with E-state index in [2.05, 4.69) is 15.6 Å². The summed E-state index contributed by atoms with van der Waals surface area (Å²) in [5.41, 5.74) is 0.739. The Morgan fingerprint density at radius 1 is 1.37 bits per heavy atom. The van der Waals surface area contributed by atoms with Gasteiger partial charge in [-0.3, -0.25) is 4.79 Å². The molecule has 0 radical (unpaired) electrons. The van der Waals surface area contributed by atoms with Crippen LogP contribution >= 0.6 is 11.3 Å². The Bertz CT molecular complexity index is 547. The minimum Gasteiger partial charge on any atom is -0.367 e. The first-order chi connectivity index (χ1) is 9.29. The average Bonchev–Trinajstić information content (AvgIpc) is 3.07. The number of rotatable bonds is 5. The summed E-state index contributed by atoms with van der Waals surface area (Å²) in [7, 11) is 0. The molecule has 2 N–H and O–H groups in total. The molecule has 98 valence electrons. The van der Waals surface area contributed by atoms with E-state index in [9.17, 15) is 4.79 Å². The smallest absolute Gasteiger partial charge is 0.229 e. The Hall–Kier alpha value is -1.88. The highest BCUT2D eigenvalue weighted by Gasteiger charge is 2.21. The van der Waals surface area contributed by atoms with Gasteiger partial charge in [0.15, 0.2) is 0 Å². The van der Waals surface area contributed by atoms with Crippen LogP contribution in [0.5, 0.6) is 0 Å². The fourth-order valence-electron chi connectivity index (χ4n) is 1.77. The van der Waals surface area contributed by atoms with E-state index in [1.807, 2.05) is 29.6 Å². The number of nitrogens with one attached hydrogen (secondary N) is 2. The third kappa shape index (κ3) is 3.54. The fourth-order valence-corrected chi connectivity index (χ4v) is 2.47. The maximum atomic E-state index is 11.8. The van der Waals surface area contributed by atoms with E-state index in [1.165, 1.54) is 12.8 Å². The van der Waals surface area contributed by atoms with Crippen LogP contribution in [-0.4, -0.2) is 16.9 Å². The van der Waals surface area contributed by atoms with Crippen molar-refractivity contribution < 1.29 is 4.79 Å². The van der Waals surface area contributed by atoms with Crippen molar-refractivity contribution in [3.05, 3.63) is 40.7 Å². The van der Waals surface area contributed by atoms with Crippen LogP contribution in [0.25, 0.3) is 0 Å². The third-order valence-corrected chi connectivity index (χ3v) is 3.77. The van der Waals surface area contributed by atoms with E-state index in [0.717, 1.165) is 16.4 Å². The van der Waals surface area contributed by atoms with Gasteiger partial charge in [0, 0.05) is 10.9 Å². The van der Waals surface area contributed by atoms with Crippen LogP contribution in [0, 0.1) is 0 Å². The van der Waals surface area contributed by atoms with Crippen molar-refractivity contribution in [1.82, 2.24) is 4.98 Å². The molecule has 1 amide bonds. The third-order valence-electron chi connectivity index (χ3n) is 2.89. The molecule has 1 aliphatic carbocycles. The van der Waals surface area contributed by atoms with Gasteiger partial charge in [0.05, 0.1) is 18.3 Å². The molecule has 0 aliphatic heterocycles. The number of carbonyl (C=O) groups excluding carboxylic acids is 1. The molecular weight excluding hydrogens is 258 g/mol. The first kappa shape index (κ1) is 12.2. The molecule has 0 aromatic carbocycles. The van der Waals surface area contributed by atoms with Gasteiger partial charge in [-0.1, -0.05) is 6.07 Å².